The van der Waals surface area contributed by atoms with E-state index in [9.17, 15) is 0 Å². The van der Waals surface area contributed by atoms with Gasteiger partial charge in [0.1, 0.15) is 0 Å². The Labute approximate surface area is 72.3 Å². The normalized spacial score (nSPS) is 8.09. The first kappa shape index (κ1) is 9.98. The van der Waals surface area contributed by atoms with Crippen molar-refractivity contribution in [1.82, 2.24) is 0 Å². The largest absolute Gasteiger partial charge is 0.358 e. The molecule has 1 aromatic rings. The molecular formula is C8H10ClNO. The van der Waals surface area contributed by atoms with E-state index in [-0.39, 0.29) is 12.4 Å². The van der Waals surface area contributed by atoms with Crippen LogP contribution in [0.15, 0.2) is 29.4 Å². The zero-order chi connectivity index (χ0) is 7.40. The smallest absolute Gasteiger partial charge is 0.157 e. The van der Waals surface area contributed by atoms with Crippen molar-refractivity contribution in [3.63, 3.8) is 0 Å². The Bertz CT molecular complexity index is 220. The third kappa shape index (κ3) is 3.05. The summed E-state index contributed by atoms with van der Waals surface area (Å²) in [6, 6.07) is 7.62. The van der Waals surface area contributed by atoms with Crippen molar-refractivity contribution in [2.24, 2.45) is 5.16 Å². The van der Waals surface area contributed by atoms with Crippen molar-refractivity contribution in [3.05, 3.63) is 29.8 Å². The van der Waals surface area contributed by atoms with Crippen molar-refractivity contribution >= 4 is 19.1 Å². The number of oxime groups is 1. The van der Waals surface area contributed by atoms with E-state index in [0.717, 1.165) is 5.75 Å². The highest BCUT2D eigenvalue weighted by Crippen LogP contribution is 2.10. The first-order chi connectivity index (χ1) is 4.83. The van der Waals surface area contributed by atoms with E-state index in [2.05, 4.69) is 11.9 Å². The van der Waals surface area contributed by atoms with E-state index < -0.39 is 0 Å². The molecule has 0 saturated heterocycles. The standard InChI is InChI=1S/C8H9NO.ClH/c1-7-3-5-8(6-4-7)10-9-2;/h3-6H,2H2,1H3;1H. The van der Waals surface area contributed by atoms with Gasteiger partial charge in [0.05, 0.1) is 0 Å². The van der Waals surface area contributed by atoms with E-state index in [0.29, 0.717) is 0 Å². The molecule has 0 unspecified atom stereocenters. The summed E-state index contributed by atoms with van der Waals surface area (Å²) >= 11 is 0. The highest BCUT2D eigenvalue weighted by atomic mass is 35.5. The van der Waals surface area contributed by atoms with Gasteiger partial charge in [-0.1, -0.05) is 22.9 Å². The van der Waals surface area contributed by atoms with Gasteiger partial charge in [-0.25, -0.2) is 0 Å². The minimum Gasteiger partial charge on any atom is -0.358 e. The molecule has 0 aliphatic carbocycles. The molecule has 0 fully saturated rings. The van der Waals surface area contributed by atoms with Gasteiger partial charge in [0.15, 0.2) is 5.75 Å². The van der Waals surface area contributed by atoms with Crippen LogP contribution in [0.3, 0.4) is 0 Å². The van der Waals surface area contributed by atoms with Crippen molar-refractivity contribution in [2.45, 2.75) is 6.92 Å². The van der Waals surface area contributed by atoms with Crippen LogP contribution in [0.5, 0.6) is 5.75 Å². The van der Waals surface area contributed by atoms with Gasteiger partial charge in [-0.05, 0) is 19.1 Å². The third-order valence-corrected chi connectivity index (χ3v) is 1.19. The molecule has 0 saturated carbocycles. The Balaban J connectivity index is 0.000001000. The summed E-state index contributed by atoms with van der Waals surface area (Å²) in [5.74, 6) is 0.723. The van der Waals surface area contributed by atoms with Crippen LogP contribution in [-0.2, 0) is 0 Å². The third-order valence-electron chi connectivity index (χ3n) is 1.19. The number of hydrogen-bond donors (Lipinski definition) is 0. The molecule has 0 aliphatic heterocycles. The summed E-state index contributed by atoms with van der Waals surface area (Å²) < 4.78 is 0. The molecule has 0 heterocycles. The fourth-order valence-electron chi connectivity index (χ4n) is 0.674. The maximum atomic E-state index is 4.77. The van der Waals surface area contributed by atoms with Gasteiger partial charge >= 0.3 is 0 Å². The Morgan fingerprint density at radius 3 is 2.27 bits per heavy atom. The van der Waals surface area contributed by atoms with Crippen LogP contribution in [0.1, 0.15) is 5.56 Å². The molecule has 0 N–H and O–H groups in total. The van der Waals surface area contributed by atoms with Gasteiger partial charge in [-0.3, -0.25) is 0 Å². The van der Waals surface area contributed by atoms with Gasteiger partial charge < -0.3 is 4.84 Å². The summed E-state index contributed by atoms with van der Waals surface area (Å²) in [7, 11) is 0. The first-order valence-corrected chi connectivity index (χ1v) is 3.02. The molecule has 0 amide bonds. The zero-order valence-corrected chi connectivity index (χ0v) is 7.10. The Hall–Kier alpha value is -1.02. The van der Waals surface area contributed by atoms with Crippen LogP contribution in [0.25, 0.3) is 0 Å². The number of aryl methyl sites for hydroxylation is 1. The zero-order valence-electron chi connectivity index (χ0n) is 6.28. The van der Waals surface area contributed by atoms with Gasteiger partial charge in [-0.15, -0.1) is 12.4 Å². The molecular weight excluding hydrogens is 162 g/mol. The highest BCUT2D eigenvalue weighted by molar-refractivity contribution is 5.85. The lowest BCUT2D eigenvalue weighted by atomic mass is 10.2. The lowest BCUT2D eigenvalue weighted by Gasteiger charge is -1.95. The SMILES string of the molecule is C=NOc1ccc(C)cc1.Cl. The van der Waals surface area contributed by atoms with Crippen LogP contribution in [-0.4, -0.2) is 6.72 Å². The predicted octanol–water partition coefficient (Wildman–Crippen LogP) is 2.41. The minimum absolute atomic E-state index is 0. The molecule has 0 aliphatic rings. The van der Waals surface area contributed by atoms with E-state index in [1.54, 1.807) is 0 Å². The maximum absolute atomic E-state index is 4.77. The van der Waals surface area contributed by atoms with Crippen molar-refractivity contribution < 1.29 is 4.84 Å². The van der Waals surface area contributed by atoms with Crippen LogP contribution in [0, 0.1) is 6.92 Å². The summed E-state index contributed by atoms with van der Waals surface area (Å²) in [6.45, 7) is 5.23. The van der Waals surface area contributed by atoms with E-state index in [4.69, 9.17) is 4.84 Å². The second kappa shape index (κ2) is 4.74. The summed E-state index contributed by atoms with van der Waals surface area (Å²) in [4.78, 5) is 4.77. The molecule has 0 spiro atoms. The molecule has 1 rings (SSSR count). The average Bonchev–Trinajstić information content (AvgIpc) is 1.95. The Kier molecular flexibility index (Phi) is 4.30. The van der Waals surface area contributed by atoms with Gasteiger partial charge in [0.2, 0.25) is 0 Å². The monoisotopic (exact) mass is 171 g/mol. The van der Waals surface area contributed by atoms with E-state index in [1.165, 1.54) is 5.56 Å². The van der Waals surface area contributed by atoms with E-state index in [1.807, 2.05) is 31.2 Å². The van der Waals surface area contributed by atoms with Crippen LogP contribution < -0.4 is 4.84 Å². The average molecular weight is 172 g/mol. The summed E-state index contributed by atoms with van der Waals surface area (Å²) in [5.41, 5.74) is 1.21. The number of nitrogens with zero attached hydrogens (tertiary/aromatic N) is 1. The second-order valence-corrected chi connectivity index (χ2v) is 2.03. The lowest BCUT2D eigenvalue weighted by Crippen LogP contribution is -1.79. The molecule has 3 heteroatoms. The maximum Gasteiger partial charge on any atom is 0.157 e. The Morgan fingerprint density at radius 2 is 1.82 bits per heavy atom. The number of halogens is 1. The van der Waals surface area contributed by atoms with E-state index >= 15 is 0 Å². The topological polar surface area (TPSA) is 21.6 Å². The first-order valence-electron chi connectivity index (χ1n) is 3.02. The lowest BCUT2D eigenvalue weighted by molar-refractivity contribution is 0.345. The van der Waals surface area contributed by atoms with Crippen molar-refractivity contribution in [3.8, 4) is 5.75 Å². The fraction of sp³-hybridized carbons (Fsp3) is 0.125. The van der Waals surface area contributed by atoms with Crippen LogP contribution in [0.4, 0.5) is 0 Å². The van der Waals surface area contributed by atoms with Gasteiger partial charge in [0, 0.05) is 6.72 Å². The molecule has 0 bridgehead atoms. The molecule has 2 nitrogen and oxygen atoms in total. The van der Waals surface area contributed by atoms with Crippen molar-refractivity contribution in [2.75, 3.05) is 0 Å². The number of rotatable bonds is 2. The highest BCUT2D eigenvalue weighted by Gasteiger charge is 1.88. The predicted molar refractivity (Wildman–Crippen MR) is 48.6 cm³/mol. The minimum atomic E-state index is 0. The van der Waals surface area contributed by atoms with Gasteiger partial charge in [0.25, 0.3) is 0 Å². The molecule has 60 valence electrons. The molecule has 0 atom stereocenters. The molecule has 0 aromatic heterocycles. The van der Waals surface area contributed by atoms with Crippen molar-refractivity contribution in [1.29, 1.82) is 0 Å². The summed E-state index contributed by atoms with van der Waals surface area (Å²) in [6.07, 6.45) is 0. The summed E-state index contributed by atoms with van der Waals surface area (Å²) in [5, 5.41) is 3.29. The molecule has 11 heavy (non-hydrogen) atoms. The number of hydrogen-bond acceptors (Lipinski definition) is 2. The second-order valence-electron chi connectivity index (χ2n) is 2.03. The Morgan fingerprint density at radius 1 is 1.27 bits per heavy atom. The quantitative estimate of drug-likeness (QED) is 0.495. The van der Waals surface area contributed by atoms with Crippen LogP contribution >= 0.6 is 12.4 Å². The van der Waals surface area contributed by atoms with Crippen LogP contribution in [0.2, 0.25) is 0 Å². The molecule has 0 radical (unpaired) electrons. The van der Waals surface area contributed by atoms with Gasteiger partial charge in [-0.2, -0.15) is 0 Å². The fourth-order valence-corrected chi connectivity index (χ4v) is 0.674. The number of benzene rings is 1. The molecule has 1 aromatic carbocycles.